The Kier molecular flexibility index (Phi) is 8.28. The number of para-hydroxylation sites is 1. The van der Waals surface area contributed by atoms with Crippen molar-refractivity contribution in [1.29, 1.82) is 0 Å². The summed E-state index contributed by atoms with van der Waals surface area (Å²) in [5, 5.41) is -0.576. The van der Waals surface area contributed by atoms with Crippen molar-refractivity contribution in [2.75, 3.05) is 34.0 Å². The molecule has 0 aliphatic carbocycles. The fourth-order valence-corrected chi connectivity index (χ4v) is 3.19. The van der Waals surface area contributed by atoms with Crippen LogP contribution in [0.3, 0.4) is 0 Å². The maximum absolute atomic E-state index is 12.6. The molecule has 0 spiro atoms. The number of hydrogen-bond acceptors (Lipinski definition) is 9. The Balaban J connectivity index is 2.22. The van der Waals surface area contributed by atoms with Crippen LogP contribution in [0.2, 0.25) is 0 Å². The van der Waals surface area contributed by atoms with Crippen molar-refractivity contribution < 1.29 is 38.1 Å². The summed E-state index contributed by atoms with van der Waals surface area (Å²) in [7, 11) is 2.66. The Hall–Kier alpha value is -3.01. The van der Waals surface area contributed by atoms with Crippen molar-refractivity contribution in [1.82, 2.24) is 4.90 Å². The first-order valence-corrected chi connectivity index (χ1v) is 9.86. The minimum absolute atomic E-state index is 0.104. The van der Waals surface area contributed by atoms with Gasteiger partial charge in [-0.25, -0.2) is 4.79 Å². The molecule has 0 saturated carbocycles. The lowest BCUT2D eigenvalue weighted by molar-refractivity contribution is -0.147. The van der Waals surface area contributed by atoms with Crippen LogP contribution < -0.4 is 9.47 Å². The summed E-state index contributed by atoms with van der Waals surface area (Å²) in [5.41, 5.74) is 0.422. The molecule has 0 aromatic heterocycles. The molecule has 1 saturated heterocycles. The van der Waals surface area contributed by atoms with Crippen molar-refractivity contribution in [3.05, 3.63) is 28.7 Å². The molecule has 30 heavy (non-hydrogen) atoms. The molecule has 2 rings (SSSR count). The Morgan fingerprint density at radius 3 is 2.53 bits per heavy atom. The van der Waals surface area contributed by atoms with E-state index in [0.29, 0.717) is 23.1 Å². The molecule has 1 fully saturated rings. The van der Waals surface area contributed by atoms with Gasteiger partial charge in [0.2, 0.25) is 0 Å². The summed E-state index contributed by atoms with van der Waals surface area (Å²) in [6.45, 7) is 3.14. The van der Waals surface area contributed by atoms with Gasteiger partial charge in [-0.15, -0.1) is 0 Å². The van der Waals surface area contributed by atoms with Gasteiger partial charge in [-0.2, -0.15) is 0 Å². The monoisotopic (exact) mass is 437 g/mol. The Morgan fingerprint density at radius 2 is 1.90 bits per heavy atom. The maximum Gasteiger partial charge on any atom is 0.343 e. The average molecular weight is 437 g/mol. The van der Waals surface area contributed by atoms with Crippen LogP contribution in [0.4, 0.5) is 4.79 Å². The molecule has 1 aliphatic heterocycles. The van der Waals surface area contributed by atoms with Crippen molar-refractivity contribution in [2.45, 2.75) is 13.8 Å². The van der Waals surface area contributed by atoms with E-state index in [0.717, 1.165) is 4.90 Å². The van der Waals surface area contributed by atoms with Crippen LogP contribution in [0.5, 0.6) is 11.5 Å². The molecule has 162 valence electrons. The summed E-state index contributed by atoms with van der Waals surface area (Å²) in [4.78, 5) is 49.1. The molecule has 1 heterocycles. The molecule has 0 radical (unpaired) electrons. The largest absolute Gasteiger partial charge is 0.493 e. The van der Waals surface area contributed by atoms with Crippen molar-refractivity contribution in [2.24, 2.45) is 5.92 Å². The summed E-state index contributed by atoms with van der Waals surface area (Å²) in [6.07, 6.45) is 1.44. The van der Waals surface area contributed by atoms with Crippen LogP contribution in [0.25, 0.3) is 6.08 Å². The summed E-state index contributed by atoms with van der Waals surface area (Å²) < 4.78 is 20.3. The van der Waals surface area contributed by atoms with Gasteiger partial charge in [-0.05, 0) is 29.8 Å². The number of ether oxygens (including phenoxy) is 4. The number of benzene rings is 1. The fraction of sp³-hybridized carbons (Fsp3) is 0.400. The first-order chi connectivity index (χ1) is 14.3. The minimum Gasteiger partial charge on any atom is -0.493 e. The highest BCUT2D eigenvalue weighted by Gasteiger charge is 2.37. The molecular formula is C20H23NO8S. The van der Waals surface area contributed by atoms with Gasteiger partial charge in [0.25, 0.3) is 11.1 Å². The summed E-state index contributed by atoms with van der Waals surface area (Å²) >= 11 is 0.697. The number of imide groups is 1. The van der Waals surface area contributed by atoms with Gasteiger partial charge in [0.05, 0.1) is 25.7 Å². The second-order valence-corrected chi connectivity index (χ2v) is 7.58. The number of rotatable bonds is 9. The highest BCUT2D eigenvalue weighted by molar-refractivity contribution is 8.18. The maximum atomic E-state index is 12.6. The van der Waals surface area contributed by atoms with Gasteiger partial charge in [0.15, 0.2) is 18.1 Å². The second-order valence-electron chi connectivity index (χ2n) is 6.59. The highest BCUT2D eigenvalue weighted by atomic mass is 32.2. The number of carbonyl (C=O) groups excluding carboxylic acids is 4. The van der Waals surface area contributed by atoms with Gasteiger partial charge < -0.3 is 18.9 Å². The standard InChI is InChI=1S/C20H23NO8S/c1-12(2)10-28-16(22)9-21-19(24)15(30-20(21)25)8-13-6-5-7-14(26-3)18(13)29-11-17(23)27-4/h5-8,12H,9-11H2,1-4H3/b15-8+. The van der Waals surface area contributed by atoms with Crippen molar-refractivity contribution >= 4 is 40.9 Å². The van der Waals surface area contributed by atoms with Crippen LogP contribution in [-0.4, -0.2) is 62.0 Å². The van der Waals surface area contributed by atoms with Crippen LogP contribution in [0.15, 0.2) is 23.1 Å². The lowest BCUT2D eigenvalue weighted by Crippen LogP contribution is -2.34. The van der Waals surface area contributed by atoms with Crippen molar-refractivity contribution in [3.8, 4) is 11.5 Å². The van der Waals surface area contributed by atoms with Crippen LogP contribution >= 0.6 is 11.8 Å². The third-order valence-electron chi connectivity index (χ3n) is 3.82. The molecule has 1 aromatic rings. The molecular weight excluding hydrogens is 414 g/mol. The molecule has 1 aliphatic rings. The normalized spacial score (nSPS) is 15.0. The topological polar surface area (TPSA) is 108 Å². The number of carbonyl (C=O) groups is 4. The first kappa shape index (κ1) is 23.3. The lowest BCUT2D eigenvalue weighted by Gasteiger charge is -2.13. The highest BCUT2D eigenvalue weighted by Crippen LogP contribution is 2.37. The van der Waals surface area contributed by atoms with Crippen LogP contribution in [-0.2, 0) is 23.9 Å². The van der Waals surface area contributed by atoms with E-state index < -0.39 is 29.6 Å². The molecule has 0 atom stereocenters. The number of nitrogens with zero attached hydrogens (tertiary/aromatic N) is 1. The number of amides is 2. The van der Waals surface area contributed by atoms with E-state index in [1.807, 2.05) is 13.8 Å². The van der Waals surface area contributed by atoms with Gasteiger partial charge in [-0.3, -0.25) is 19.3 Å². The van der Waals surface area contributed by atoms with E-state index >= 15 is 0 Å². The molecule has 0 bridgehead atoms. The SMILES string of the molecule is COC(=O)COc1c(/C=C2/SC(=O)N(CC(=O)OCC(C)C)C2=O)cccc1OC. The van der Waals surface area contributed by atoms with E-state index in [-0.39, 0.29) is 29.8 Å². The Bertz CT molecular complexity index is 864. The predicted octanol–water partition coefficient (Wildman–Crippen LogP) is 2.48. The van der Waals surface area contributed by atoms with E-state index in [9.17, 15) is 19.2 Å². The van der Waals surface area contributed by atoms with E-state index in [1.54, 1.807) is 18.2 Å². The summed E-state index contributed by atoms with van der Waals surface area (Å²) in [6, 6.07) is 4.93. The van der Waals surface area contributed by atoms with E-state index in [1.165, 1.54) is 20.3 Å². The minimum atomic E-state index is -0.657. The molecule has 0 unspecified atom stereocenters. The third kappa shape index (κ3) is 5.99. The van der Waals surface area contributed by atoms with Gasteiger partial charge >= 0.3 is 11.9 Å². The Morgan fingerprint density at radius 1 is 1.17 bits per heavy atom. The molecule has 2 amide bonds. The molecule has 10 heteroatoms. The summed E-state index contributed by atoms with van der Waals surface area (Å²) in [5.74, 6) is -1.17. The lowest BCUT2D eigenvalue weighted by atomic mass is 10.1. The van der Waals surface area contributed by atoms with E-state index in [4.69, 9.17) is 14.2 Å². The number of methoxy groups -OCH3 is 2. The van der Waals surface area contributed by atoms with E-state index in [2.05, 4.69) is 4.74 Å². The van der Waals surface area contributed by atoms with Gasteiger partial charge in [0, 0.05) is 5.56 Å². The zero-order chi connectivity index (χ0) is 22.3. The van der Waals surface area contributed by atoms with Crippen LogP contribution in [0, 0.1) is 5.92 Å². The zero-order valence-electron chi connectivity index (χ0n) is 17.1. The number of esters is 2. The number of hydrogen-bond donors (Lipinski definition) is 0. The molecule has 9 nitrogen and oxygen atoms in total. The van der Waals surface area contributed by atoms with Crippen molar-refractivity contribution in [3.63, 3.8) is 0 Å². The number of thioether (sulfide) groups is 1. The second kappa shape index (κ2) is 10.7. The average Bonchev–Trinajstić information content (AvgIpc) is 2.98. The molecule has 0 N–H and O–H groups in total. The Labute approximate surface area is 178 Å². The van der Waals surface area contributed by atoms with Gasteiger partial charge in [-0.1, -0.05) is 26.0 Å². The van der Waals surface area contributed by atoms with Gasteiger partial charge in [0.1, 0.15) is 6.54 Å². The fourth-order valence-electron chi connectivity index (χ4n) is 2.36. The van der Waals surface area contributed by atoms with Crippen LogP contribution in [0.1, 0.15) is 19.4 Å². The predicted molar refractivity (Wildman–Crippen MR) is 109 cm³/mol. The third-order valence-corrected chi connectivity index (χ3v) is 4.72. The zero-order valence-corrected chi connectivity index (χ0v) is 17.9. The first-order valence-electron chi connectivity index (χ1n) is 9.04. The smallest absolute Gasteiger partial charge is 0.343 e. The quantitative estimate of drug-likeness (QED) is 0.425. The molecule has 1 aromatic carbocycles.